The number of carbonyl (C=O) groups is 1. The van der Waals surface area contributed by atoms with Crippen molar-refractivity contribution in [1.29, 1.82) is 0 Å². The van der Waals surface area contributed by atoms with Gasteiger partial charge in [0.2, 0.25) is 0 Å². The van der Waals surface area contributed by atoms with Gasteiger partial charge in [-0.15, -0.1) is 0 Å². The van der Waals surface area contributed by atoms with Gasteiger partial charge in [-0.1, -0.05) is 0 Å². The molecule has 0 aromatic rings. The summed E-state index contributed by atoms with van der Waals surface area (Å²) in [5, 5.41) is 9.18. The maximum absolute atomic E-state index is 11.2. The number of ether oxygens (including phenoxy) is 2. The molecule has 0 aromatic heterocycles. The molecule has 0 bridgehead atoms. The van der Waals surface area contributed by atoms with E-state index in [1.54, 1.807) is 0 Å². The van der Waals surface area contributed by atoms with Gasteiger partial charge < -0.3 is 14.6 Å². The quantitative estimate of drug-likeness (QED) is 0.682. The van der Waals surface area contributed by atoms with E-state index >= 15 is 0 Å². The Morgan fingerprint density at radius 2 is 2.14 bits per heavy atom. The molecule has 0 atom stereocenters. The fraction of sp³-hybridized carbons (Fsp3) is 0.900. The molecule has 0 aromatic carbocycles. The van der Waals surface area contributed by atoms with E-state index < -0.39 is 11.4 Å². The van der Waals surface area contributed by atoms with Gasteiger partial charge in [-0.05, 0) is 26.2 Å². The first-order valence-electron chi connectivity index (χ1n) is 5.10. The lowest BCUT2D eigenvalue weighted by Crippen LogP contribution is -2.38. The van der Waals surface area contributed by atoms with Gasteiger partial charge in [-0.3, -0.25) is 4.79 Å². The zero-order valence-electron chi connectivity index (χ0n) is 8.62. The lowest BCUT2D eigenvalue weighted by molar-refractivity contribution is -0.156. The monoisotopic (exact) mass is 202 g/mol. The predicted octanol–water partition coefficient (Wildman–Crippen LogP) is 1.29. The molecule has 1 N–H and O–H groups in total. The van der Waals surface area contributed by atoms with Gasteiger partial charge in [0.15, 0.2) is 0 Å². The van der Waals surface area contributed by atoms with E-state index in [1.807, 2.05) is 6.92 Å². The van der Waals surface area contributed by atoms with E-state index in [2.05, 4.69) is 0 Å². The minimum absolute atomic E-state index is 0.531. The van der Waals surface area contributed by atoms with Crippen LogP contribution in [0.2, 0.25) is 0 Å². The molecule has 4 heteroatoms. The van der Waals surface area contributed by atoms with Gasteiger partial charge in [-0.25, -0.2) is 0 Å². The van der Waals surface area contributed by atoms with Crippen LogP contribution in [-0.4, -0.2) is 37.5 Å². The van der Waals surface area contributed by atoms with E-state index in [1.165, 1.54) is 0 Å². The molecule has 0 radical (unpaired) electrons. The van der Waals surface area contributed by atoms with Crippen LogP contribution in [0.15, 0.2) is 0 Å². The van der Waals surface area contributed by atoms with Crippen LogP contribution in [-0.2, 0) is 14.3 Å². The average molecular weight is 202 g/mol. The molecule has 0 aliphatic carbocycles. The minimum Gasteiger partial charge on any atom is -0.481 e. The highest BCUT2D eigenvalue weighted by atomic mass is 16.5. The van der Waals surface area contributed by atoms with Gasteiger partial charge in [0.25, 0.3) is 0 Å². The van der Waals surface area contributed by atoms with E-state index in [0.717, 1.165) is 0 Å². The SMILES string of the molecule is CCOCCC1(C(=O)O)CCOCC1. The number of rotatable bonds is 5. The minimum atomic E-state index is -0.708. The van der Waals surface area contributed by atoms with Crippen molar-refractivity contribution in [3.05, 3.63) is 0 Å². The van der Waals surface area contributed by atoms with Crippen LogP contribution in [0.4, 0.5) is 0 Å². The van der Waals surface area contributed by atoms with Gasteiger partial charge in [0.1, 0.15) is 0 Å². The summed E-state index contributed by atoms with van der Waals surface area (Å²) < 4.78 is 10.4. The maximum Gasteiger partial charge on any atom is 0.309 e. The topological polar surface area (TPSA) is 55.8 Å². The van der Waals surface area contributed by atoms with Crippen molar-refractivity contribution in [2.24, 2.45) is 5.41 Å². The van der Waals surface area contributed by atoms with Crippen molar-refractivity contribution >= 4 is 5.97 Å². The molecule has 4 nitrogen and oxygen atoms in total. The first-order valence-corrected chi connectivity index (χ1v) is 5.10. The normalized spacial score (nSPS) is 20.6. The van der Waals surface area contributed by atoms with Crippen molar-refractivity contribution in [3.8, 4) is 0 Å². The van der Waals surface area contributed by atoms with Crippen molar-refractivity contribution in [3.63, 3.8) is 0 Å². The Morgan fingerprint density at radius 3 is 2.64 bits per heavy atom. The molecule has 1 aliphatic heterocycles. The van der Waals surface area contributed by atoms with Crippen LogP contribution in [0.3, 0.4) is 0 Å². The number of carboxylic acids is 1. The Bertz CT molecular complexity index is 185. The Hall–Kier alpha value is -0.610. The van der Waals surface area contributed by atoms with Crippen LogP contribution in [0.5, 0.6) is 0 Å². The third-order valence-corrected chi connectivity index (χ3v) is 2.83. The summed E-state index contributed by atoms with van der Waals surface area (Å²) in [5.74, 6) is -0.708. The molecule has 1 saturated heterocycles. The van der Waals surface area contributed by atoms with E-state index in [9.17, 15) is 9.90 Å². The number of carboxylic acid groups (broad SMARTS) is 1. The summed E-state index contributed by atoms with van der Waals surface area (Å²) in [6, 6.07) is 0. The maximum atomic E-state index is 11.2. The molecule has 0 amide bonds. The van der Waals surface area contributed by atoms with Crippen molar-refractivity contribution in [2.45, 2.75) is 26.2 Å². The van der Waals surface area contributed by atoms with Crippen LogP contribution < -0.4 is 0 Å². The van der Waals surface area contributed by atoms with Gasteiger partial charge in [-0.2, -0.15) is 0 Å². The second kappa shape index (κ2) is 5.32. The Kier molecular flexibility index (Phi) is 4.35. The van der Waals surface area contributed by atoms with Crippen LogP contribution in [0.25, 0.3) is 0 Å². The van der Waals surface area contributed by atoms with Crippen LogP contribution in [0.1, 0.15) is 26.2 Å². The summed E-state index contributed by atoms with van der Waals surface area (Å²) in [6.07, 6.45) is 1.81. The molecule has 0 spiro atoms. The average Bonchev–Trinajstić information content (AvgIpc) is 2.19. The van der Waals surface area contributed by atoms with Gasteiger partial charge >= 0.3 is 5.97 Å². The summed E-state index contributed by atoms with van der Waals surface area (Å²) in [6.45, 7) is 4.20. The fourth-order valence-electron chi connectivity index (χ4n) is 1.74. The Balaban J connectivity index is 2.47. The summed E-state index contributed by atoms with van der Waals surface area (Å²) in [4.78, 5) is 11.2. The first kappa shape index (κ1) is 11.5. The molecule has 0 unspecified atom stereocenters. The van der Waals surface area contributed by atoms with Gasteiger partial charge in [0, 0.05) is 26.4 Å². The molecule has 0 saturated carbocycles. The largest absolute Gasteiger partial charge is 0.481 e. The molecule has 1 fully saturated rings. The molecular weight excluding hydrogens is 184 g/mol. The molecule has 1 rings (SSSR count). The van der Waals surface area contributed by atoms with Gasteiger partial charge in [0.05, 0.1) is 5.41 Å². The third kappa shape index (κ3) is 2.69. The fourth-order valence-corrected chi connectivity index (χ4v) is 1.74. The Morgan fingerprint density at radius 1 is 1.50 bits per heavy atom. The van der Waals surface area contributed by atoms with E-state index in [4.69, 9.17) is 9.47 Å². The van der Waals surface area contributed by atoms with Crippen LogP contribution in [0, 0.1) is 5.41 Å². The second-order valence-corrected chi connectivity index (χ2v) is 3.64. The van der Waals surface area contributed by atoms with E-state index in [0.29, 0.717) is 45.7 Å². The lowest BCUT2D eigenvalue weighted by atomic mass is 9.77. The van der Waals surface area contributed by atoms with Crippen molar-refractivity contribution in [2.75, 3.05) is 26.4 Å². The van der Waals surface area contributed by atoms with Crippen molar-refractivity contribution < 1.29 is 19.4 Å². The smallest absolute Gasteiger partial charge is 0.309 e. The zero-order chi connectivity index (χ0) is 10.4. The van der Waals surface area contributed by atoms with Crippen molar-refractivity contribution in [1.82, 2.24) is 0 Å². The standard InChI is InChI=1S/C10H18O4/c1-2-13-6-3-10(9(11)12)4-7-14-8-5-10/h2-8H2,1H3,(H,11,12). The third-order valence-electron chi connectivity index (χ3n) is 2.83. The predicted molar refractivity (Wildman–Crippen MR) is 51.2 cm³/mol. The molecular formula is C10H18O4. The number of hydrogen-bond acceptors (Lipinski definition) is 3. The molecule has 82 valence electrons. The summed E-state index contributed by atoms with van der Waals surface area (Å²) in [7, 11) is 0. The highest BCUT2D eigenvalue weighted by Gasteiger charge is 2.39. The summed E-state index contributed by atoms with van der Waals surface area (Å²) >= 11 is 0. The zero-order valence-corrected chi connectivity index (χ0v) is 8.62. The second-order valence-electron chi connectivity index (χ2n) is 3.64. The molecule has 1 aliphatic rings. The number of hydrogen-bond donors (Lipinski definition) is 1. The first-order chi connectivity index (χ1) is 6.71. The van der Waals surface area contributed by atoms with Crippen LogP contribution >= 0.6 is 0 Å². The molecule has 14 heavy (non-hydrogen) atoms. The highest BCUT2D eigenvalue weighted by molar-refractivity contribution is 5.74. The highest BCUT2D eigenvalue weighted by Crippen LogP contribution is 2.34. The Labute approximate surface area is 84.2 Å². The lowest BCUT2D eigenvalue weighted by Gasteiger charge is -2.32. The molecule has 1 heterocycles. The number of aliphatic carboxylic acids is 1. The van der Waals surface area contributed by atoms with E-state index in [-0.39, 0.29) is 0 Å². The summed E-state index contributed by atoms with van der Waals surface area (Å²) in [5.41, 5.74) is -0.604.